The third kappa shape index (κ3) is 7.16. The lowest BCUT2D eigenvalue weighted by Crippen LogP contribution is -2.19. The van der Waals surface area contributed by atoms with Crippen LogP contribution in [-0.2, 0) is 13.5 Å². The van der Waals surface area contributed by atoms with Gasteiger partial charge in [-0.25, -0.2) is 0 Å². The molecule has 1 aromatic carbocycles. The van der Waals surface area contributed by atoms with E-state index in [1.54, 1.807) is 0 Å². The Morgan fingerprint density at radius 1 is 1.21 bits per heavy atom. The molecule has 28 heavy (non-hydrogen) atoms. The van der Waals surface area contributed by atoms with Gasteiger partial charge in [0.25, 0.3) is 0 Å². The minimum atomic E-state index is 0.777. The van der Waals surface area contributed by atoms with Crippen LogP contribution in [0.2, 0.25) is 0 Å². The minimum absolute atomic E-state index is 0.777. The number of hydrogen-bond donors (Lipinski definition) is 0. The number of aryl methyl sites for hydroxylation is 2. The second kappa shape index (κ2) is 11.7. The van der Waals surface area contributed by atoms with E-state index in [1.807, 2.05) is 17.8 Å². The van der Waals surface area contributed by atoms with E-state index in [9.17, 15) is 0 Å². The van der Waals surface area contributed by atoms with Gasteiger partial charge in [0, 0.05) is 25.0 Å². The zero-order valence-corrected chi connectivity index (χ0v) is 18.2. The highest BCUT2D eigenvalue weighted by Crippen LogP contribution is 2.24. The number of likely N-dealkylation sites (N-methyl/N-ethyl adjacent to an activating group) is 1. The van der Waals surface area contributed by atoms with Gasteiger partial charge in [0.05, 0.1) is 17.8 Å². The second-order valence-electron chi connectivity index (χ2n) is 7.88. The van der Waals surface area contributed by atoms with Gasteiger partial charge in [0.15, 0.2) is 0 Å². The summed E-state index contributed by atoms with van der Waals surface area (Å²) in [6, 6.07) is 6.36. The summed E-state index contributed by atoms with van der Waals surface area (Å²) in [6.45, 7) is 10.9. The third-order valence-electron chi connectivity index (χ3n) is 4.98. The molecule has 0 N–H and O–H groups in total. The smallest absolute Gasteiger partial charge is 0.121 e. The molecule has 2 aromatic rings. The fourth-order valence-electron chi connectivity index (χ4n) is 3.42. The number of ether oxygens (including phenoxy) is 1. The van der Waals surface area contributed by atoms with E-state index < -0.39 is 0 Å². The molecule has 0 fully saturated rings. The van der Waals surface area contributed by atoms with E-state index in [4.69, 9.17) is 9.84 Å². The van der Waals surface area contributed by atoms with Gasteiger partial charge in [-0.15, -0.1) is 6.58 Å². The SMILES string of the molecule is C=CCN(C)CCCCCCOc1ccc2c(CCC=C(C)C)nn(C)c2c1. The van der Waals surface area contributed by atoms with Crippen molar-refractivity contribution in [1.82, 2.24) is 14.7 Å². The Morgan fingerprint density at radius 3 is 2.75 bits per heavy atom. The van der Waals surface area contributed by atoms with Crippen LogP contribution in [0.4, 0.5) is 0 Å². The fourth-order valence-corrected chi connectivity index (χ4v) is 3.42. The first-order valence-corrected chi connectivity index (χ1v) is 10.5. The molecule has 1 heterocycles. The van der Waals surface area contributed by atoms with Crippen molar-refractivity contribution >= 4 is 10.9 Å². The monoisotopic (exact) mass is 383 g/mol. The van der Waals surface area contributed by atoms with Gasteiger partial charge in [0.2, 0.25) is 0 Å². The average molecular weight is 384 g/mol. The summed E-state index contributed by atoms with van der Waals surface area (Å²) in [6.07, 6.45) is 11.0. The van der Waals surface area contributed by atoms with Crippen LogP contribution >= 0.6 is 0 Å². The van der Waals surface area contributed by atoms with Crippen molar-refractivity contribution in [1.29, 1.82) is 0 Å². The maximum absolute atomic E-state index is 5.98. The number of hydrogen-bond acceptors (Lipinski definition) is 3. The number of aromatic nitrogens is 2. The van der Waals surface area contributed by atoms with Gasteiger partial charge >= 0.3 is 0 Å². The molecule has 4 nitrogen and oxygen atoms in total. The van der Waals surface area contributed by atoms with Crippen LogP contribution in [-0.4, -0.2) is 41.4 Å². The Balaban J connectivity index is 1.77. The van der Waals surface area contributed by atoms with E-state index in [2.05, 4.69) is 56.6 Å². The molecule has 0 amide bonds. The maximum Gasteiger partial charge on any atom is 0.121 e. The van der Waals surface area contributed by atoms with Crippen molar-refractivity contribution in [3.05, 3.63) is 48.2 Å². The van der Waals surface area contributed by atoms with Crippen molar-refractivity contribution in [2.75, 3.05) is 26.7 Å². The predicted molar refractivity (Wildman–Crippen MR) is 120 cm³/mol. The highest BCUT2D eigenvalue weighted by molar-refractivity contribution is 5.83. The van der Waals surface area contributed by atoms with Crippen LogP contribution in [0.15, 0.2) is 42.5 Å². The van der Waals surface area contributed by atoms with Crippen molar-refractivity contribution in [2.45, 2.75) is 52.4 Å². The Labute approximate surface area is 170 Å². The number of nitrogens with zero attached hydrogens (tertiary/aromatic N) is 3. The van der Waals surface area contributed by atoms with E-state index in [0.29, 0.717) is 0 Å². The van der Waals surface area contributed by atoms with Crippen LogP contribution in [0.25, 0.3) is 10.9 Å². The molecule has 0 unspecified atom stereocenters. The molecule has 0 atom stereocenters. The summed E-state index contributed by atoms with van der Waals surface area (Å²) in [5.74, 6) is 0.942. The quantitative estimate of drug-likeness (QED) is 0.336. The molecular formula is C24H37N3O. The summed E-state index contributed by atoms with van der Waals surface area (Å²) < 4.78 is 7.95. The van der Waals surface area contributed by atoms with Gasteiger partial charge in [-0.3, -0.25) is 4.68 Å². The lowest BCUT2D eigenvalue weighted by Gasteiger charge is -2.13. The average Bonchev–Trinajstić information content (AvgIpc) is 2.96. The van der Waals surface area contributed by atoms with E-state index in [-0.39, 0.29) is 0 Å². The van der Waals surface area contributed by atoms with Crippen molar-refractivity contribution in [3.8, 4) is 5.75 Å². The summed E-state index contributed by atoms with van der Waals surface area (Å²) >= 11 is 0. The fraction of sp³-hybridized carbons (Fsp3) is 0.542. The number of unbranched alkanes of at least 4 members (excludes halogenated alkanes) is 3. The van der Waals surface area contributed by atoms with Gasteiger partial charge in [-0.1, -0.05) is 30.6 Å². The summed E-state index contributed by atoms with van der Waals surface area (Å²) in [5.41, 5.74) is 3.68. The number of fused-ring (bicyclic) bond motifs is 1. The second-order valence-corrected chi connectivity index (χ2v) is 7.88. The zero-order valence-electron chi connectivity index (χ0n) is 18.2. The molecule has 2 rings (SSSR count). The topological polar surface area (TPSA) is 30.3 Å². The number of benzene rings is 1. The molecule has 0 radical (unpaired) electrons. The zero-order chi connectivity index (χ0) is 20.4. The van der Waals surface area contributed by atoms with Gasteiger partial charge in [-0.05, 0) is 65.3 Å². The molecule has 0 saturated carbocycles. The molecule has 4 heteroatoms. The Kier molecular flexibility index (Phi) is 9.29. The van der Waals surface area contributed by atoms with Crippen LogP contribution in [0.3, 0.4) is 0 Å². The van der Waals surface area contributed by atoms with E-state index in [0.717, 1.165) is 50.2 Å². The molecule has 154 valence electrons. The molecule has 0 bridgehead atoms. The molecular weight excluding hydrogens is 346 g/mol. The van der Waals surface area contributed by atoms with Crippen LogP contribution < -0.4 is 4.74 Å². The standard InChI is InChI=1S/C24H37N3O/c1-6-16-26(4)17-9-7-8-10-18-28-21-14-15-22-23(13-11-12-20(2)3)25-27(5)24(22)19-21/h6,12,14-15,19H,1,7-11,13,16-18H2,2-5H3. The molecule has 0 aliphatic rings. The lowest BCUT2D eigenvalue weighted by molar-refractivity contribution is 0.300. The third-order valence-corrected chi connectivity index (χ3v) is 4.98. The van der Waals surface area contributed by atoms with Crippen molar-refractivity contribution in [2.24, 2.45) is 7.05 Å². The largest absolute Gasteiger partial charge is 0.494 e. The summed E-state index contributed by atoms with van der Waals surface area (Å²) in [5, 5.41) is 5.94. The minimum Gasteiger partial charge on any atom is -0.494 e. The first kappa shape index (κ1) is 22.2. The summed E-state index contributed by atoms with van der Waals surface area (Å²) in [4.78, 5) is 2.31. The van der Waals surface area contributed by atoms with E-state index >= 15 is 0 Å². The highest BCUT2D eigenvalue weighted by atomic mass is 16.5. The van der Waals surface area contributed by atoms with Crippen LogP contribution in [0.5, 0.6) is 5.75 Å². The van der Waals surface area contributed by atoms with E-state index in [1.165, 1.54) is 35.9 Å². The number of rotatable bonds is 13. The first-order valence-electron chi connectivity index (χ1n) is 10.5. The maximum atomic E-state index is 5.98. The Bertz CT molecular complexity index is 771. The number of allylic oxidation sites excluding steroid dienone is 2. The Hall–Kier alpha value is -2.07. The normalized spacial score (nSPS) is 11.2. The highest BCUT2D eigenvalue weighted by Gasteiger charge is 2.09. The van der Waals surface area contributed by atoms with Gasteiger partial charge in [0.1, 0.15) is 5.75 Å². The van der Waals surface area contributed by atoms with Gasteiger partial charge < -0.3 is 9.64 Å². The molecule has 0 saturated heterocycles. The first-order chi connectivity index (χ1) is 13.5. The summed E-state index contributed by atoms with van der Waals surface area (Å²) in [7, 11) is 4.16. The molecule has 0 spiro atoms. The predicted octanol–water partition coefficient (Wildman–Crippen LogP) is 5.53. The Morgan fingerprint density at radius 2 is 2.00 bits per heavy atom. The van der Waals surface area contributed by atoms with Crippen LogP contribution in [0, 0.1) is 0 Å². The molecule has 1 aromatic heterocycles. The lowest BCUT2D eigenvalue weighted by atomic mass is 10.1. The van der Waals surface area contributed by atoms with Crippen molar-refractivity contribution < 1.29 is 4.74 Å². The molecule has 0 aliphatic carbocycles. The van der Waals surface area contributed by atoms with Crippen LogP contribution in [0.1, 0.15) is 51.6 Å². The van der Waals surface area contributed by atoms with Crippen molar-refractivity contribution in [3.63, 3.8) is 0 Å². The van der Waals surface area contributed by atoms with Gasteiger partial charge in [-0.2, -0.15) is 5.10 Å². The molecule has 0 aliphatic heterocycles.